The monoisotopic (exact) mass is 129 g/mol. The van der Waals surface area contributed by atoms with Gasteiger partial charge in [-0.05, 0) is 6.42 Å². The van der Waals surface area contributed by atoms with Gasteiger partial charge in [-0.3, -0.25) is 0 Å². The van der Waals surface area contributed by atoms with E-state index in [2.05, 4.69) is 11.3 Å². The molecule has 0 aromatic rings. The summed E-state index contributed by atoms with van der Waals surface area (Å²) >= 11 is 0. The highest BCUT2D eigenvalue weighted by atomic mass is 16.7. The van der Waals surface area contributed by atoms with Crippen LogP contribution in [0, 0.1) is 0 Å². The lowest BCUT2D eigenvalue weighted by atomic mass is 10.3. The van der Waals surface area contributed by atoms with E-state index in [1.165, 1.54) is 6.08 Å². The molecule has 0 heterocycles. The number of carbonyl (C=O) groups excluding carboxylic acids is 1. The van der Waals surface area contributed by atoms with E-state index in [0.29, 0.717) is 6.42 Å². The first-order chi connectivity index (χ1) is 4.20. The van der Waals surface area contributed by atoms with Crippen LogP contribution in [-0.2, 0) is 4.74 Å². The molecule has 1 unspecified atom stereocenters. The molecule has 0 saturated carbocycles. The van der Waals surface area contributed by atoms with Gasteiger partial charge in [-0.15, -0.1) is 6.58 Å². The highest BCUT2D eigenvalue weighted by molar-refractivity contribution is 5.54. The van der Waals surface area contributed by atoms with E-state index in [1.807, 2.05) is 0 Å². The van der Waals surface area contributed by atoms with Crippen LogP contribution in [0.2, 0.25) is 0 Å². The van der Waals surface area contributed by atoms with Crippen LogP contribution in [0.4, 0.5) is 4.79 Å². The van der Waals surface area contributed by atoms with Gasteiger partial charge in [-0.25, -0.2) is 0 Å². The summed E-state index contributed by atoms with van der Waals surface area (Å²) in [5.41, 5.74) is 0. The number of ether oxygens (including phenoxy) is 1. The maximum Gasteiger partial charge on any atom is 0.252 e. The van der Waals surface area contributed by atoms with Crippen molar-refractivity contribution < 1.29 is 14.6 Å². The standard InChI is InChI=1S/C6H10O3/c1-3-5(4-2)9-6(7)8/h3,5H,1,4H2,2H3,(H,7,8)/p-1. The molecule has 0 bridgehead atoms. The minimum Gasteiger partial charge on any atom is -0.542 e. The summed E-state index contributed by atoms with van der Waals surface area (Å²) < 4.78 is 4.24. The van der Waals surface area contributed by atoms with Gasteiger partial charge in [0.25, 0.3) is 6.16 Å². The van der Waals surface area contributed by atoms with Crippen LogP contribution < -0.4 is 5.11 Å². The van der Waals surface area contributed by atoms with E-state index in [4.69, 9.17) is 0 Å². The molecule has 9 heavy (non-hydrogen) atoms. The van der Waals surface area contributed by atoms with Crippen LogP contribution in [0.3, 0.4) is 0 Å². The summed E-state index contributed by atoms with van der Waals surface area (Å²) in [6, 6.07) is 0. The third kappa shape index (κ3) is 3.58. The van der Waals surface area contributed by atoms with Crippen molar-refractivity contribution in [2.45, 2.75) is 19.4 Å². The zero-order valence-electron chi connectivity index (χ0n) is 5.29. The van der Waals surface area contributed by atoms with Crippen molar-refractivity contribution >= 4 is 6.16 Å². The van der Waals surface area contributed by atoms with Crippen molar-refractivity contribution in [1.29, 1.82) is 0 Å². The molecule has 3 heteroatoms. The zero-order chi connectivity index (χ0) is 7.28. The molecule has 0 aliphatic rings. The molecule has 0 spiro atoms. The van der Waals surface area contributed by atoms with Gasteiger partial charge in [0.2, 0.25) is 0 Å². The number of carboxylic acid groups (broad SMARTS) is 1. The molecule has 1 atom stereocenters. The third-order valence-corrected chi connectivity index (χ3v) is 0.913. The lowest BCUT2D eigenvalue weighted by molar-refractivity contribution is -0.285. The topological polar surface area (TPSA) is 49.4 Å². The molecule has 0 rings (SSSR count). The number of hydrogen-bond donors (Lipinski definition) is 0. The minimum absolute atomic E-state index is 0.421. The normalized spacial score (nSPS) is 12.1. The Kier molecular flexibility index (Phi) is 3.51. The molecule has 0 aliphatic carbocycles. The van der Waals surface area contributed by atoms with Crippen LogP contribution in [0.25, 0.3) is 0 Å². The van der Waals surface area contributed by atoms with Crippen molar-refractivity contribution in [3.63, 3.8) is 0 Å². The van der Waals surface area contributed by atoms with Crippen molar-refractivity contribution in [2.75, 3.05) is 0 Å². The molecule has 0 fully saturated rings. The average molecular weight is 129 g/mol. The lowest BCUT2D eigenvalue weighted by Crippen LogP contribution is -2.27. The summed E-state index contributed by atoms with van der Waals surface area (Å²) in [5, 5.41) is 9.75. The maximum absolute atomic E-state index is 9.75. The molecule has 52 valence electrons. The van der Waals surface area contributed by atoms with E-state index in [0.717, 1.165) is 0 Å². The zero-order valence-corrected chi connectivity index (χ0v) is 5.29. The highest BCUT2D eigenvalue weighted by Gasteiger charge is 1.95. The van der Waals surface area contributed by atoms with Gasteiger partial charge in [-0.2, -0.15) is 0 Å². The molecule has 0 aromatic carbocycles. The van der Waals surface area contributed by atoms with Crippen molar-refractivity contribution in [3.05, 3.63) is 12.7 Å². The second kappa shape index (κ2) is 3.95. The van der Waals surface area contributed by atoms with Crippen LogP contribution in [0.1, 0.15) is 13.3 Å². The number of carbonyl (C=O) groups is 1. The Labute approximate surface area is 53.9 Å². The lowest BCUT2D eigenvalue weighted by Gasteiger charge is -2.15. The van der Waals surface area contributed by atoms with Gasteiger partial charge in [-0.1, -0.05) is 13.0 Å². The van der Waals surface area contributed by atoms with Crippen molar-refractivity contribution in [3.8, 4) is 0 Å². The summed E-state index contributed by atoms with van der Waals surface area (Å²) in [6.07, 6.45) is 0.101. The van der Waals surface area contributed by atoms with E-state index < -0.39 is 12.3 Å². The molecule has 0 aliphatic heterocycles. The van der Waals surface area contributed by atoms with Crippen LogP contribution in [-0.4, -0.2) is 12.3 Å². The molecular weight excluding hydrogens is 120 g/mol. The Morgan fingerprint density at radius 2 is 2.56 bits per heavy atom. The maximum atomic E-state index is 9.75. The van der Waals surface area contributed by atoms with Gasteiger partial charge in [0.05, 0.1) is 6.10 Å². The number of hydrogen-bond acceptors (Lipinski definition) is 3. The Balaban J connectivity index is 3.55. The van der Waals surface area contributed by atoms with Crippen LogP contribution in [0.5, 0.6) is 0 Å². The van der Waals surface area contributed by atoms with Crippen LogP contribution in [0.15, 0.2) is 12.7 Å². The predicted octanol–water partition coefficient (Wildman–Crippen LogP) is 0.311. The first-order valence-electron chi connectivity index (χ1n) is 2.71. The summed E-state index contributed by atoms with van der Waals surface area (Å²) in [7, 11) is 0. The van der Waals surface area contributed by atoms with Gasteiger partial charge < -0.3 is 14.6 Å². The second-order valence-corrected chi connectivity index (χ2v) is 1.55. The smallest absolute Gasteiger partial charge is 0.252 e. The van der Waals surface area contributed by atoms with E-state index in [-0.39, 0.29) is 0 Å². The van der Waals surface area contributed by atoms with E-state index >= 15 is 0 Å². The fourth-order valence-corrected chi connectivity index (χ4v) is 0.422. The van der Waals surface area contributed by atoms with Crippen LogP contribution >= 0.6 is 0 Å². The van der Waals surface area contributed by atoms with Gasteiger partial charge in [0.1, 0.15) is 0 Å². The molecular formula is C6H9O3-. The van der Waals surface area contributed by atoms with Gasteiger partial charge in [0.15, 0.2) is 0 Å². The van der Waals surface area contributed by atoms with Gasteiger partial charge >= 0.3 is 0 Å². The average Bonchev–Trinajstić information content (AvgIpc) is 1.82. The Bertz CT molecular complexity index is 109. The molecule has 0 saturated heterocycles. The van der Waals surface area contributed by atoms with Gasteiger partial charge in [0, 0.05) is 0 Å². The first kappa shape index (κ1) is 8.01. The summed E-state index contributed by atoms with van der Waals surface area (Å²) in [5.74, 6) is 0. The van der Waals surface area contributed by atoms with Crippen molar-refractivity contribution in [2.24, 2.45) is 0 Å². The molecule has 3 nitrogen and oxygen atoms in total. The Morgan fingerprint density at radius 1 is 2.00 bits per heavy atom. The third-order valence-electron chi connectivity index (χ3n) is 0.913. The number of rotatable bonds is 3. The fraction of sp³-hybridized carbons (Fsp3) is 0.500. The molecule has 0 amide bonds. The fourth-order valence-electron chi connectivity index (χ4n) is 0.422. The quantitative estimate of drug-likeness (QED) is 0.407. The molecule has 0 N–H and O–H groups in total. The van der Waals surface area contributed by atoms with Crippen molar-refractivity contribution in [1.82, 2.24) is 0 Å². The van der Waals surface area contributed by atoms with E-state index in [1.54, 1.807) is 6.92 Å². The summed E-state index contributed by atoms with van der Waals surface area (Å²) in [4.78, 5) is 9.75. The summed E-state index contributed by atoms with van der Waals surface area (Å²) in [6.45, 7) is 5.17. The predicted molar refractivity (Wildman–Crippen MR) is 30.8 cm³/mol. The minimum atomic E-state index is -1.50. The largest absolute Gasteiger partial charge is 0.542 e. The molecule has 0 aromatic heterocycles. The molecule has 0 radical (unpaired) electrons. The van der Waals surface area contributed by atoms with E-state index in [9.17, 15) is 9.90 Å². The first-order valence-corrected chi connectivity index (χ1v) is 2.71. The second-order valence-electron chi connectivity index (χ2n) is 1.55. The Hall–Kier alpha value is -0.990. The highest BCUT2D eigenvalue weighted by Crippen LogP contribution is 1.96. The SMILES string of the molecule is C=CC(CC)OC(=O)[O-]. The Morgan fingerprint density at radius 3 is 2.67 bits per heavy atom.